The van der Waals surface area contributed by atoms with Gasteiger partial charge in [0.2, 0.25) is 0 Å². The van der Waals surface area contributed by atoms with Crippen LogP contribution in [0.2, 0.25) is 0 Å². The van der Waals surface area contributed by atoms with Gasteiger partial charge in [0.05, 0.1) is 0 Å². The topological polar surface area (TPSA) is 26.0 Å². The van der Waals surface area contributed by atoms with Gasteiger partial charge in [-0.15, -0.1) is 0 Å². The number of hydrogen-bond donors (Lipinski definition) is 0. The van der Waals surface area contributed by atoms with E-state index in [2.05, 4.69) is 28.7 Å². The van der Waals surface area contributed by atoms with Gasteiger partial charge < -0.3 is 0 Å². The molecular weight excluding hydrogens is 344 g/mol. The molecule has 9 heavy (non-hydrogen) atoms. The molecule has 0 atom stereocenters. The van der Waals surface area contributed by atoms with Crippen molar-refractivity contribution < 1.29 is 4.52 Å². The molecule has 0 unspecified atom stereocenters. The van der Waals surface area contributed by atoms with Crippen molar-refractivity contribution >= 4 is 34.5 Å². The van der Waals surface area contributed by atoms with E-state index in [9.17, 15) is 0 Å². The molecule has 52 valence electrons. The second-order valence-electron chi connectivity index (χ2n) is 1.68. The van der Waals surface area contributed by atoms with Crippen LogP contribution in [0.4, 0.5) is 0 Å². The van der Waals surface area contributed by atoms with Crippen molar-refractivity contribution in [2.75, 3.05) is 4.93 Å². The Balaban J connectivity index is 2.85. The van der Waals surface area contributed by atoms with Gasteiger partial charge in [-0.1, -0.05) is 0 Å². The molecule has 0 fully saturated rings. The van der Waals surface area contributed by atoms with E-state index in [1.54, 1.807) is 0 Å². The summed E-state index contributed by atoms with van der Waals surface area (Å²) >= 11 is 1.53. The first-order valence-electron chi connectivity index (χ1n) is 2.40. The summed E-state index contributed by atoms with van der Waals surface area (Å²) in [6.45, 7) is 1.95. The first-order chi connectivity index (χ1) is 4.20. The van der Waals surface area contributed by atoms with Crippen molar-refractivity contribution in [3.8, 4) is 0 Å². The average molecular weight is 351 g/mol. The Kier molecular flexibility index (Phi) is 2.74. The van der Waals surface area contributed by atoms with Crippen LogP contribution in [0.15, 0.2) is 10.6 Å². The molecule has 0 aliphatic rings. The third kappa shape index (κ3) is 2.06. The van der Waals surface area contributed by atoms with Gasteiger partial charge in [-0.3, -0.25) is 0 Å². The van der Waals surface area contributed by atoms with Gasteiger partial charge in [0.1, 0.15) is 0 Å². The van der Waals surface area contributed by atoms with E-state index in [-0.39, 0.29) is 0 Å². The van der Waals surface area contributed by atoms with Crippen molar-refractivity contribution in [2.24, 2.45) is 0 Å². The van der Waals surface area contributed by atoms with E-state index < -0.39 is 15.8 Å². The molecule has 1 aromatic heterocycles. The summed E-state index contributed by atoms with van der Waals surface area (Å²) in [7, 11) is 0. The summed E-state index contributed by atoms with van der Waals surface area (Å²) in [6.07, 6.45) is 0. The molecule has 0 bridgehead atoms. The number of nitrogens with zero attached hydrogens (tertiary/aromatic N) is 1. The Bertz CT molecular complexity index is 197. The number of hydrogen-bond acceptors (Lipinski definition) is 2. The van der Waals surface area contributed by atoms with Crippen molar-refractivity contribution in [1.29, 1.82) is 0 Å². The summed E-state index contributed by atoms with van der Waals surface area (Å²) in [6, 6.07) is 2.03. The van der Waals surface area contributed by atoms with E-state index in [4.69, 9.17) is 4.52 Å². The Hall–Kier alpha value is 0.670. The molecular formula is C5H7I2NO. The van der Waals surface area contributed by atoms with Crippen LogP contribution in [0.3, 0.4) is 0 Å². The first kappa shape index (κ1) is 7.77. The van der Waals surface area contributed by atoms with Crippen LogP contribution in [0, 0.1) is 10.7 Å². The third-order valence-electron chi connectivity index (χ3n) is 0.856. The number of aryl methyl sites for hydroxylation is 1. The van der Waals surface area contributed by atoms with Gasteiger partial charge in [-0.05, 0) is 0 Å². The average Bonchev–Trinajstić information content (AvgIpc) is 2.14. The molecule has 0 saturated heterocycles. The molecule has 0 amide bonds. The van der Waals surface area contributed by atoms with Crippen molar-refractivity contribution in [2.45, 2.75) is 6.92 Å². The molecule has 0 saturated carbocycles. The van der Waals surface area contributed by atoms with Crippen LogP contribution in [0.5, 0.6) is 0 Å². The molecule has 2 nitrogen and oxygen atoms in total. The monoisotopic (exact) mass is 351 g/mol. The van der Waals surface area contributed by atoms with E-state index in [0.29, 0.717) is 0 Å². The molecule has 1 aromatic rings. The van der Waals surface area contributed by atoms with Crippen LogP contribution in [-0.4, -0.2) is 10.1 Å². The van der Waals surface area contributed by atoms with Gasteiger partial charge in [0.25, 0.3) is 0 Å². The minimum atomic E-state index is -0.919. The molecule has 0 spiro atoms. The fraction of sp³-hybridized carbons (Fsp3) is 0.400. The SMILES string of the molecule is Cc1cc(I(C)I)on1. The van der Waals surface area contributed by atoms with Crippen LogP contribution < -0.4 is 0 Å². The number of rotatable bonds is 1. The Labute approximate surface area is 70.9 Å². The number of halogens is 2. The molecule has 0 radical (unpaired) electrons. The molecule has 0 aliphatic carbocycles. The predicted octanol–water partition coefficient (Wildman–Crippen LogP) is 2.64. The summed E-state index contributed by atoms with van der Waals surface area (Å²) in [5.41, 5.74) is 0.991. The predicted molar refractivity (Wildman–Crippen MR) is 53.9 cm³/mol. The van der Waals surface area contributed by atoms with Crippen LogP contribution >= 0.6 is 34.5 Å². The summed E-state index contributed by atoms with van der Waals surface area (Å²) in [5, 5.41) is 3.80. The van der Waals surface area contributed by atoms with Gasteiger partial charge >= 0.3 is 71.5 Å². The first-order valence-corrected chi connectivity index (χ1v) is 11.9. The Morgan fingerprint density at radius 3 is 2.67 bits per heavy atom. The zero-order valence-corrected chi connectivity index (χ0v) is 9.50. The number of aromatic nitrogens is 1. The third-order valence-corrected chi connectivity index (χ3v) is 5.53. The van der Waals surface area contributed by atoms with E-state index >= 15 is 0 Å². The second-order valence-corrected chi connectivity index (χ2v) is 13.2. The van der Waals surface area contributed by atoms with Crippen molar-refractivity contribution in [3.63, 3.8) is 0 Å². The maximum atomic E-state index is 5.04. The van der Waals surface area contributed by atoms with E-state index in [1.165, 1.54) is 0 Å². The Morgan fingerprint density at radius 2 is 2.44 bits per heavy atom. The zero-order chi connectivity index (χ0) is 6.85. The fourth-order valence-electron chi connectivity index (χ4n) is 0.455. The molecule has 1 heterocycles. The summed E-state index contributed by atoms with van der Waals surface area (Å²) in [4.78, 5) is 2.23. The van der Waals surface area contributed by atoms with Crippen LogP contribution in [0.1, 0.15) is 5.69 Å². The minimum absolute atomic E-state index is 0.919. The zero-order valence-electron chi connectivity index (χ0n) is 5.19. The van der Waals surface area contributed by atoms with Crippen LogP contribution in [-0.2, 0) is 0 Å². The molecule has 0 N–H and O–H groups in total. The molecule has 1 rings (SSSR count). The normalized spacial score (nSPS) is 11.7. The Morgan fingerprint density at radius 1 is 1.78 bits per heavy atom. The van der Waals surface area contributed by atoms with Gasteiger partial charge in [-0.2, -0.15) is 0 Å². The van der Waals surface area contributed by atoms with Gasteiger partial charge in [-0.25, -0.2) is 0 Å². The molecule has 0 aliphatic heterocycles. The summed E-state index contributed by atoms with van der Waals surface area (Å²) < 4.78 is 6.15. The summed E-state index contributed by atoms with van der Waals surface area (Å²) in [5.74, 6) is 0. The fourth-order valence-corrected chi connectivity index (χ4v) is 2.99. The second kappa shape index (κ2) is 3.18. The van der Waals surface area contributed by atoms with Crippen molar-refractivity contribution in [1.82, 2.24) is 5.16 Å². The van der Waals surface area contributed by atoms with Gasteiger partial charge in [0, 0.05) is 0 Å². The quantitative estimate of drug-likeness (QED) is 0.575. The van der Waals surface area contributed by atoms with Crippen LogP contribution in [0.25, 0.3) is 0 Å². The maximum absolute atomic E-state index is 5.04. The van der Waals surface area contributed by atoms with Gasteiger partial charge in [0.15, 0.2) is 0 Å². The standard InChI is InChI=1S/C5H7I2NO/c1-4-3-5(7(2)6)9-8-4/h3H,1-2H3. The van der Waals surface area contributed by atoms with E-state index in [0.717, 1.165) is 9.46 Å². The van der Waals surface area contributed by atoms with E-state index in [1.807, 2.05) is 13.0 Å². The molecule has 0 aromatic carbocycles. The molecule has 4 heteroatoms. The van der Waals surface area contributed by atoms with Crippen molar-refractivity contribution in [3.05, 3.63) is 15.5 Å². The number of alkyl halides is 1.